The highest BCUT2D eigenvalue weighted by Gasteiger charge is 2.16. The summed E-state index contributed by atoms with van der Waals surface area (Å²) in [6, 6.07) is 4.38. The van der Waals surface area contributed by atoms with Crippen LogP contribution in [0.1, 0.15) is 32.4 Å². The van der Waals surface area contributed by atoms with E-state index in [1.807, 2.05) is 32.7 Å². The van der Waals surface area contributed by atoms with Crippen LogP contribution in [0.15, 0.2) is 18.2 Å². The quantitative estimate of drug-likeness (QED) is 0.743. The van der Waals surface area contributed by atoms with Crippen molar-refractivity contribution in [3.05, 3.63) is 23.8 Å². The summed E-state index contributed by atoms with van der Waals surface area (Å²) in [7, 11) is 1.83. The fraction of sp³-hybridized carbons (Fsp3) is 0.533. The number of phenols is 2. The summed E-state index contributed by atoms with van der Waals surface area (Å²) in [5.74, 6) is 0.427. The molecular weight excluding hydrogens is 256 g/mol. The van der Waals surface area contributed by atoms with Crippen molar-refractivity contribution in [1.82, 2.24) is 10.2 Å². The largest absolute Gasteiger partial charge is 0.508 e. The fourth-order valence-electron chi connectivity index (χ4n) is 1.85. The minimum Gasteiger partial charge on any atom is -0.508 e. The molecule has 1 aromatic carbocycles. The topological polar surface area (TPSA) is 72.8 Å². The first-order valence-electron chi connectivity index (χ1n) is 6.79. The number of benzene rings is 1. The standard InChI is InChI=1S/C15H24N2O3/c1-10(2)8-16-15(20)9-17(4)11(3)12-5-13(18)7-14(19)6-12/h5-7,10-11,18-19H,8-9H2,1-4H3,(H,16,20). The Balaban J connectivity index is 2.62. The van der Waals surface area contributed by atoms with Gasteiger partial charge in [0, 0.05) is 18.7 Å². The average Bonchev–Trinajstić information content (AvgIpc) is 2.34. The molecule has 3 N–H and O–H groups in total. The zero-order valence-corrected chi connectivity index (χ0v) is 12.6. The van der Waals surface area contributed by atoms with Gasteiger partial charge in [-0.05, 0) is 37.6 Å². The molecule has 1 amide bonds. The molecule has 5 nitrogen and oxygen atoms in total. The average molecular weight is 280 g/mol. The molecule has 0 aliphatic rings. The highest BCUT2D eigenvalue weighted by Crippen LogP contribution is 2.27. The lowest BCUT2D eigenvalue weighted by Gasteiger charge is -2.25. The van der Waals surface area contributed by atoms with Gasteiger partial charge in [-0.25, -0.2) is 0 Å². The highest BCUT2D eigenvalue weighted by atomic mass is 16.3. The van der Waals surface area contributed by atoms with Crippen molar-refractivity contribution in [3.8, 4) is 11.5 Å². The second-order valence-corrected chi connectivity index (χ2v) is 5.57. The van der Waals surface area contributed by atoms with Gasteiger partial charge in [-0.1, -0.05) is 13.8 Å². The second-order valence-electron chi connectivity index (χ2n) is 5.57. The molecule has 0 radical (unpaired) electrons. The first kappa shape index (κ1) is 16.3. The molecule has 0 fully saturated rings. The summed E-state index contributed by atoms with van der Waals surface area (Å²) in [5.41, 5.74) is 0.765. The van der Waals surface area contributed by atoms with Crippen molar-refractivity contribution in [2.45, 2.75) is 26.8 Å². The second kappa shape index (κ2) is 7.14. The van der Waals surface area contributed by atoms with Crippen molar-refractivity contribution in [3.63, 3.8) is 0 Å². The number of likely N-dealkylation sites (N-methyl/N-ethyl adjacent to an activating group) is 1. The first-order chi connectivity index (χ1) is 9.29. The van der Waals surface area contributed by atoms with Crippen molar-refractivity contribution < 1.29 is 15.0 Å². The SMILES string of the molecule is CC(C)CNC(=O)CN(C)C(C)c1cc(O)cc(O)c1. The molecule has 0 aliphatic heterocycles. The van der Waals surface area contributed by atoms with Gasteiger partial charge in [-0.15, -0.1) is 0 Å². The number of carbonyl (C=O) groups excluding carboxylic acids is 1. The van der Waals surface area contributed by atoms with Crippen LogP contribution in [0.3, 0.4) is 0 Å². The maximum Gasteiger partial charge on any atom is 0.234 e. The zero-order chi connectivity index (χ0) is 15.3. The number of amides is 1. The van der Waals surface area contributed by atoms with Gasteiger partial charge in [0.25, 0.3) is 0 Å². The monoisotopic (exact) mass is 280 g/mol. The Kier molecular flexibility index (Phi) is 5.82. The molecule has 0 aromatic heterocycles. The minimum absolute atomic E-state index is 0.0181. The summed E-state index contributed by atoms with van der Waals surface area (Å²) in [4.78, 5) is 13.6. The Hall–Kier alpha value is -1.75. The van der Waals surface area contributed by atoms with E-state index in [1.54, 1.807) is 12.1 Å². The van der Waals surface area contributed by atoms with E-state index in [-0.39, 0.29) is 30.0 Å². The third-order valence-electron chi connectivity index (χ3n) is 3.17. The van der Waals surface area contributed by atoms with Crippen LogP contribution in [0.4, 0.5) is 0 Å². The summed E-state index contributed by atoms with van der Waals surface area (Å²) >= 11 is 0. The number of nitrogens with zero attached hydrogens (tertiary/aromatic N) is 1. The van der Waals surface area contributed by atoms with Crippen LogP contribution in [-0.4, -0.2) is 41.2 Å². The molecule has 1 unspecified atom stereocenters. The molecule has 0 saturated carbocycles. The molecule has 1 atom stereocenters. The maximum absolute atomic E-state index is 11.8. The van der Waals surface area contributed by atoms with Crippen LogP contribution in [0.25, 0.3) is 0 Å². The fourth-order valence-corrected chi connectivity index (χ4v) is 1.85. The Morgan fingerprint density at radius 1 is 1.20 bits per heavy atom. The molecule has 1 rings (SSSR count). The predicted octanol–water partition coefficient (Wildman–Crippen LogP) is 1.86. The summed E-state index contributed by atoms with van der Waals surface area (Å²) in [6.07, 6.45) is 0. The van der Waals surface area contributed by atoms with Crippen LogP contribution >= 0.6 is 0 Å². The zero-order valence-electron chi connectivity index (χ0n) is 12.6. The number of rotatable bonds is 6. The summed E-state index contributed by atoms with van der Waals surface area (Å²) in [6.45, 7) is 6.94. The third-order valence-corrected chi connectivity index (χ3v) is 3.17. The number of aromatic hydroxyl groups is 2. The molecule has 0 heterocycles. The van der Waals surface area contributed by atoms with Crippen LogP contribution in [-0.2, 0) is 4.79 Å². The van der Waals surface area contributed by atoms with E-state index in [2.05, 4.69) is 5.32 Å². The van der Waals surface area contributed by atoms with Crippen LogP contribution in [0.5, 0.6) is 11.5 Å². The van der Waals surface area contributed by atoms with Crippen LogP contribution in [0, 0.1) is 5.92 Å². The smallest absolute Gasteiger partial charge is 0.234 e. The van der Waals surface area contributed by atoms with Crippen molar-refractivity contribution in [1.29, 1.82) is 0 Å². The van der Waals surface area contributed by atoms with Gasteiger partial charge < -0.3 is 15.5 Å². The molecule has 0 bridgehead atoms. The molecule has 0 saturated heterocycles. The van der Waals surface area contributed by atoms with Gasteiger partial charge in [0.2, 0.25) is 5.91 Å². The molecule has 20 heavy (non-hydrogen) atoms. The minimum atomic E-state index is -0.0854. The molecule has 5 heteroatoms. The van der Waals surface area contributed by atoms with E-state index in [4.69, 9.17) is 0 Å². The van der Waals surface area contributed by atoms with Gasteiger partial charge in [0.1, 0.15) is 11.5 Å². The molecule has 112 valence electrons. The van der Waals surface area contributed by atoms with Gasteiger partial charge in [0.05, 0.1) is 6.54 Å². The lowest BCUT2D eigenvalue weighted by molar-refractivity contribution is -0.122. The predicted molar refractivity (Wildman–Crippen MR) is 78.7 cm³/mol. The Bertz CT molecular complexity index is 440. The van der Waals surface area contributed by atoms with Gasteiger partial charge in [-0.2, -0.15) is 0 Å². The normalized spacial score (nSPS) is 12.7. The van der Waals surface area contributed by atoms with Crippen molar-refractivity contribution in [2.24, 2.45) is 5.92 Å². The Morgan fingerprint density at radius 3 is 2.25 bits per heavy atom. The summed E-state index contributed by atoms with van der Waals surface area (Å²) < 4.78 is 0. The van der Waals surface area contributed by atoms with Crippen LogP contribution in [0.2, 0.25) is 0 Å². The number of hydrogen-bond acceptors (Lipinski definition) is 4. The van der Waals surface area contributed by atoms with Gasteiger partial charge in [-0.3, -0.25) is 9.69 Å². The van der Waals surface area contributed by atoms with Gasteiger partial charge in [0.15, 0.2) is 0 Å². The van der Waals surface area contributed by atoms with Crippen molar-refractivity contribution >= 4 is 5.91 Å². The molecule has 1 aromatic rings. The van der Waals surface area contributed by atoms with E-state index in [0.29, 0.717) is 12.5 Å². The first-order valence-corrected chi connectivity index (χ1v) is 6.79. The van der Waals surface area contributed by atoms with Crippen molar-refractivity contribution in [2.75, 3.05) is 20.1 Å². The lowest BCUT2D eigenvalue weighted by atomic mass is 10.1. The third kappa shape index (κ3) is 5.09. The number of nitrogens with one attached hydrogen (secondary N) is 1. The van der Waals surface area contributed by atoms with Crippen LogP contribution < -0.4 is 5.32 Å². The lowest BCUT2D eigenvalue weighted by Crippen LogP contribution is -2.37. The van der Waals surface area contributed by atoms with E-state index < -0.39 is 0 Å². The van der Waals surface area contributed by atoms with E-state index in [0.717, 1.165) is 5.56 Å². The highest BCUT2D eigenvalue weighted by molar-refractivity contribution is 5.78. The number of carbonyl (C=O) groups is 1. The van der Waals surface area contributed by atoms with E-state index in [1.165, 1.54) is 6.07 Å². The Morgan fingerprint density at radius 2 is 1.75 bits per heavy atom. The van der Waals surface area contributed by atoms with E-state index >= 15 is 0 Å². The van der Waals surface area contributed by atoms with E-state index in [9.17, 15) is 15.0 Å². The molecular formula is C15H24N2O3. The number of hydrogen-bond donors (Lipinski definition) is 3. The molecule has 0 spiro atoms. The summed E-state index contributed by atoms with van der Waals surface area (Å²) in [5, 5.41) is 21.9. The van der Waals surface area contributed by atoms with Gasteiger partial charge >= 0.3 is 0 Å². The molecule has 0 aliphatic carbocycles. The number of phenolic OH excluding ortho intramolecular Hbond substituents is 2. The maximum atomic E-state index is 11.8. The Labute approximate surface area is 120 Å².